The van der Waals surface area contributed by atoms with Gasteiger partial charge in [-0.3, -0.25) is 12.2 Å². The molecule has 0 saturated heterocycles. The van der Waals surface area contributed by atoms with Crippen LogP contribution in [-0.4, -0.2) is 3.71 Å². The standard InChI is InChI=1S/C25H25.C10H15.C7H6.2ClH.Zr/c1-14-12-24(3,4)22-8-16-7-17-9-23-19(15(2)13-25(23,5)6)11-21(17)20(16)10-18(14)22;1-7(2)10-6-8(3)5-9(10)4;1-7-5-3-2-4-6-7;;;/h8-12H,7H2,1-6H3;6-8H,1-4H3;1-6H;2*1H;/q2*-1;;;;+2/p-2. The minimum atomic E-state index is 0. The van der Waals surface area contributed by atoms with E-state index < -0.39 is 0 Å². The van der Waals surface area contributed by atoms with E-state index in [2.05, 4.69) is 146 Å². The van der Waals surface area contributed by atoms with E-state index in [1.165, 1.54) is 96.6 Å². The summed E-state index contributed by atoms with van der Waals surface area (Å²) in [5.74, 6) is 1.20. The molecular weight excluding hydrogens is 667 g/mol. The van der Waals surface area contributed by atoms with Crippen molar-refractivity contribution in [3.63, 3.8) is 0 Å². The number of fused-ring (bicyclic) bond motifs is 5. The minimum absolute atomic E-state index is 0. The zero-order valence-electron chi connectivity index (χ0n) is 28.5. The molecule has 1 unspecified atom stereocenters. The van der Waals surface area contributed by atoms with Crippen molar-refractivity contribution in [1.29, 1.82) is 0 Å². The van der Waals surface area contributed by atoms with Crippen molar-refractivity contribution >= 4 is 14.9 Å². The molecule has 0 aromatic heterocycles. The molecule has 45 heavy (non-hydrogen) atoms. The maximum absolute atomic E-state index is 3.65. The molecule has 0 N–H and O–H groups in total. The molecule has 0 heterocycles. The van der Waals surface area contributed by atoms with Gasteiger partial charge in [-0.1, -0.05) is 97.8 Å². The van der Waals surface area contributed by atoms with Gasteiger partial charge >= 0.3 is 63.8 Å². The van der Waals surface area contributed by atoms with Crippen molar-refractivity contribution in [2.24, 2.45) is 11.8 Å². The summed E-state index contributed by atoms with van der Waals surface area (Å²) in [6.45, 7) is 22.5. The number of hydrogen-bond acceptors (Lipinski definition) is 0. The molecule has 0 bridgehead atoms. The van der Waals surface area contributed by atoms with Crippen molar-refractivity contribution in [2.45, 2.75) is 86.5 Å². The Bertz CT molecular complexity index is 1630. The summed E-state index contributed by atoms with van der Waals surface area (Å²) in [5, 5.41) is 0. The van der Waals surface area contributed by atoms with Crippen LogP contribution in [0.25, 0.3) is 22.3 Å². The molecule has 0 nitrogen and oxygen atoms in total. The van der Waals surface area contributed by atoms with Gasteiger partial charge in [-0.25, -0.2) is 11.1 Å². The van der Waals surface area contributed by atoms with Gasteiger partial charge in [0, 0.05) is 5.41 Å². The summed E-state index contributed by atoms with van der Waals surface area (Å²) in [6, 6.07) is 20.2. The van der Waals surface area contributed by atoms with Gasteiger partial charge in [-0.2, -0.15) is 17.2 Å². The zero-order valence-corrected chi connectivity index (χ0v) is 32.5. The number of benzene rings is 3. The number of halogens is 2. The van der Waals surface area contributed by atoms with Gasteiger partial charge in [0.2, 0.25) is 0 Å². The maximum atomic E-state index is 3.65. The average molecular weight is 713 g/mol. The fraction of sp³-hybridized carbons (Fsp3) is 0.357. The van der Waals surface area contributed by atoms with E-state index in [9.17, 15) is 0 Å². The number of allylic oxidation sites excluding steroid dienone is 8. The first-order valence-corrected chi connectivity index (χ1v) is 17.2. The summed E-state index contributed by atoms with van der Waals surface area (Å²) in [4.78, 5) is 0. The topological polar surface area (TPSA) is 0 Å². The van der Waals surface area contributed by atoms with Crippen LogP contribution in [0.4, 0.5) is 0 Å². The third kappa shape index (κ3) is 7.59. The quantitative estimate of drug-likeness (QED) is 0.262. The van der Waals surface area contributed by atoms with Gasteiger partial charge in [0.25, 0.3) is 0 Å². The first kappa shape index (κ1) is 37.4. The molecule has 0 radical (unpaired) electrons. The molecule has 234 valence electrons. The van der Waals surface area contributed by atoms with Crippen LogP contribution in [0.3, 0.4) is 0 Å². The van der Waals surface area contributed by atoms with E-state index in [0.717, 1.165) is 6.42 Å². The summed E-state index contributed by atoms with van der Waals surface area (Å²) < 4.78 is 2.17. The second-order valence-corrected chi connectivity index (χ2v) is 14.8. The SMILES string of the molecule is CC1=[C-]C(C)(C)c2cc3c(cc21)-c1cc2c(cc1C3)C(C)(C)C=C2C.CC1=[C-]C(C)C=C1C(C)C.[Cl-].[Cl-].[Zr+2]=[CH]c1ccccc1. The summed E-state index contributed by atoms with van der Waals surface area (Å²) in [7, 11) is 0. The van der Waals surface area contributed by atoms with Gasteiger partial charge < -0.3 is 24.8 Å². The monoisotopic (exact) mass is 710 g/mol. The van der Waals surface area contributed by atoms with Crippen LogP contribution in [0.5, 0.6) is 0 Å². The van der Waals surface area contributed by atoms with E-state index in [0.29, 0.717) is 11.8 Å². The van der Waals surface area contributed by atoms with Crippen LogP contribution in [0.2, 0.25) is 0 Å². The van der Waals surface area contributed by atoms with Crippen LogP contribution >= 0.6 is 0 Å². The van der Waals surface area contributed by atoms with Crippen molar-refractivity contribution < 1.29 is 49.0 Å². The molecule has 4 aliphatic carbocycles. The van der Waals surface area contributed by atoms with Gasteiger partial charge in [-0.05, 0) is 58.4 Å². The van der Waals surface area contributed by atoms with E-state index in [1.807, 2.05) is 6.07 Å². The number of hydrogen-bond donors (Lipinski definition) is 0. The summed E-state index contributed by atoms with van der Waals surface area (Å²) >= 11 is 1.46. The van der Waals surface area contributed by atoms with Gasteiger partial charge in [0.1, 0.15) is 0 Å². The van der Waals surface area contributed by atoms with Crippen molar-refractivity contribution in [2.75, 3.05) is 0 Å². The molecule has 7 rings (SSSR count). The third-order valence-corrected chi connectivity index (χ3v) is 10.1. The molecule has 1 atom stereocenters. The summed E-state index contributed by atoms with van der Waals surface area (Å²) in [6.07, 6.45) is 12.8. The first-order valence-electron chi connectivity index (χ1n) is 15.8. The Kier molecular flexibility index (Phi) is 12.0. The average Bonchev–Trinajstić information content (AvgIpc) is 3.62. The molecule has 3 heteroatoms. The van der Waals surface area contributed by atoms with Crippen LogP contribution in [0, 0.1) is 24.0 Å². The summed E-state index contributed by atoms with van der Waals surface area (Å²) in [5.41, 5.74) is 18.7. The Balaban J connectivity index is 0.000000229. The van der Waals surface area contributed by atoms with Crippen molar-refractivity contribution in [3.05, 3.63) is 129 Å². The third-order valence-electron chi connectivity index (χ3n) is 9.33. The fourth-order valence-electron chi connectivity index (χ4n) is 7.31. The molecule has 4 aliphatic rings. The van der Waals surface area contributed by atoms with Crippen LogP contribution in [0.1, 0.15) is 108 Å². The van der Waals surface area contributed by atoms with Gasteiger partial charge in [0.15, 0.2) is 0 Å². The van der Waals surface area contributed by atoms with Crippen molar-refractivity contribution in [1.82, 2.24) is 0 Å². The molecule has 0 aliphatic heterocycles. The predicted molar refractivity (Wildman–Crippen MR) is 183 cm³/mol. The van der Waals surface area contributed by atoms with E-state index >= 15 is 0 Å². The molecule has 3 aromatic rings. The van der Waals surface area contributed by atoms with Crippen LogP contribution in [0.15, 0.2) is 77.9 Å². The normalized spacial score (nSPS) is 18.6. The van der Waals surface area contributed by atoms with E-state index in [4.69, 9.17) is 0 Å². The van der Waals surface area contributed by atoms with Gasteiger partial charge in [-0.15, -0.1) is 11.6 Å². The fourth-order valence-corrected chi connectivity index (χ4v) is 7.78. The Morgan fingerprint density at radius 1 is 0.800 bits per heavy atom. The Morgan fingerprint density at radius 2 is 1.38 bits per heavy atom. The molecule has 0 saturated carbocycles. The number of rotatable bonds is 2. The molecular formula is C42H46Cl2Zr-2. The molecule has 3 aromatic carbocycles. The second kappa shape index (κ2) is 14.4. The molecule has 0 amide bonds. The Hall–Kier alpha value is -2.05. The van der Waals surface area contributed by atoms with Gasteiger partial charge in [0.05, 0.1) is 0 Å². The Morgan fingerprint density at radius 3 is 1.87 bits per heavy atom. The van der Waals surface area contributed by atoms with Crippen LogP contribution < -0.4 is 24.8 Å². The second-order valence-electron chi connectivity index (χ2n) is 14.1. The zero-order chi connectivity index (χ0) is 31.3. The van der Waals surface area contributed by atoms with Crippen LogP contribution in [-0.2, 0) is 41.5 Å². The van der Waals surface area contributed by atoms with E-state index in [1.54, 1.807) is 0 Å². The molecule has 0 fully saturated rings. The predicted octanol–water partition coefficient (Wildman–Crippen LogP) is 4.81. The Labute approximate surface area is 300 Å². The van der Waals surface area contributed by atoms with Crippen molar-refractivity contribution in [3.8, 4) is 11.1 Å². The molecule has 0 spiro atoms. The first-order chi connectivity index (χ1) is 20.2. The van der Waals surface area contributed by atoms with E-state index in [-0.39, 0.29) is 35.6 Å².